The standard InChI is InChI=1S/C16H23ClN2O3S2/c1-4-11-24(21,22)18(3)9-10-19-15(20)12(2)23-16(19)13-7-5-6-8-14(13)17/h5-8,12,16H,4,9-11H2,1-3H3/t12-,16-/m1/s1. The van der Waals surface area contributed by atoms with Crippen molar-refractivity contribution in [3.63, 3.8) is 0 Å². The first kappa shape index (κ1) is 19.6. The van der Waals surface area contributed by atoms with Crippen LogP contribution in [0.1, 0.15) is 31.2 Å². The van der Waals surface area contributed by atoms with Crippen LogP contribution in [0, 0.1) is 0 Å². The summed E-state index contributed by atoms with van der Waals surface area (Å²) in [4.78, 5) is 14.2. The molecule has 1 aromatic carbocycles. The Bertz CT molecular complexity index is 696. The number of nitrogens with zero attached hydrogens (tertiary/aromatic N) is 2. The van der Waals surface area contributed by atoms with Crippen molar-refractivity contribution in [1.82, 2.24) is 9.21 Å². The molecule has 0 aliphatic carbocycles. The van der Waals surface area contributed by atoms with Crippen LogP contribution in [0.25, 0.3) is 0 Å². The lowest BCUT2D eigenvalue weighted by atomic mass is 10.2. The van der Waals surface area contributed by atoms with Gasteiger partial charge in [0.1, 0.15) is 5.37 Å². The molecular formula is C16H23ClN2O3S2. The highest BCUT2D eigenvalue weighted by molar-refractivity contribution is 8.01. The molecule has 1 aliphatic rings. The Kier molecular flexibility index (Phi) is 6.59. The zero-order chi connectivity index (χ0) is 17.9. The molecule has 0 unspecified atom stereocenters. The van der Waals surface area contributed by atoms with Gasteiger partial charge in [-0.25, -0.2) is 12.7 Å². The second kappa shape index (κ2) is 8.08. The molecule has 8 heteroatoms. The summed E-state index contributed by atoms with van der Waals surface area (Å²) in [5.41, 5.74) is 0.890. The number of amides is 1. The average molecular weight is 391 g/mol. The minimum Gasteiger partial charge on any atom is -0.324 e. The van der Waals surface area contributed by atoms with E-state index in [4.69, 9.17) is 11.6 Å². The Morgan fingerprint density at radius 2 is 2.00 bits per heavy atom. The second-order valence-corrected chi connectivity index (χ2v) is 9.85. The van der Waals surface area contributed by atoms with Gasteiger partial charge >= 0.3 is 0 Å². The van der Waals surface area contributed by atoms with Gasteiger partial charge in [0.15, 0.2) is 0 Å². The summed E-state index contributed by atoms with van der Waals surface area (Å²) in [6.07, 6.45) is 0.574. The van der Waals surface area contributed by atoms with Crippen LogP contribution in [0.4, 0.5) is 0 Å². The van der Waals surface area contributed by atoms with E-state index < -0.39 is 10.0 Å². The van der Waals surface area contributed by atoms with Crippen LogP contribution in [0.5, 0.6) is 0 Å². The van der Waals surface area contributed by atoms with Crippen LogP contribution in [0.3, 0.4) is 0 Å². The maximum absolute atomic E-state index is 12.5. The average Bonchev–Trinajstić information content (AvgIpc) is 2.80. The van der Waals surface area contributed by atoms with Crippen molar-refractivity contribution >= 4 is 39.3 Å². The highest BCUT2D eigenvalue weighted by Crippen LogP contribution is 2.44. The van der Waals surface area contributed by atoms with E-state index in [0.29, 0.717) is 18.0 Å². The molecule has 1 aliphatic heterocycles. The predicted molar refractivity (Wildman–Crippen MR) is 99.7 cm³/mol. The van der Waals surface area contributed by atoms with Gasteiger partial charge in [0.05, 0.1) is 11.0 Å². The molecular weight excluding hydrogens is 368 g/mol. The van der Waals surface area contributed by atoms with E-state index in [-0.39, 0.29) is 28.8 Å². The fraction of sp³-hybridized carbons (Fsp3) is 0.562. The highest BCUT2D eigenvalue weighted by atomic mass is 35.5. The van der Waals surface area contributed by atoms with Crippen molar-refractivity contribution in [3.05, 3.63) is 34.9 Å². The number of carbonyl (C=O) groups excluding carboxylic acids is 1. The number of hydrogen-bond donors (Lipinski definition) is 0. The van der Waals surface area contributed by atoms with Gasteiger partial charge in [-0.05, 0) is 19.4 Å². The molecule has 1 aromatic rings. The third kappa shape index (κ3) is 4.25. The van der Waals surface area contributed by atoms with Crippen molar-refractivity contribution < 1.29 is 13.2 Å². The van der Waals surface area contributed by atoms with Crippen LogP contribution < -0.4 is 0 Å². The number of likely N-dealkylation sites (N-methyl/N-ethyl adjacent to an activating group) is 1. The monoisotopic (exact) mass is 390 g/mol. The first-order chi connectivity index (χ1) is 11.3. The summed E-state index contributed by atoms with van der Waals surface area (Å²) in [5, 5.41) is 0.279. The Morgan fingerprint density at radius 3 is 2.62 bits per heavy atom. The number of rotatable bonds is 7. The minimum atomic E-state index is -3.26. The molecule has 0 spiro atoms. The molecule has 0 N–H and O–H groups in total. The topological polar surface area (TPSA) is 57.7 Å². The van der Waals surface area contributed by atoms with Crippen molar-refractivity contribution in [2.24, 2.45) is 0 Å². The van der Waals surface area contributed by atoms with Gasteiger partial charge in [0.25, 0.3) is 0 Å². The summed E-state index contributed by atoms with van der Waals surface area (Å²) in [5.74, 6) is 0.141. The number of hydrogen-bond acceptors (Lipinski definition) is 4. The number of sulfonamides is 1. The lowest BCUT2D eigenvalue weighted by Crippen LogP contribution is -2.39. The Labute approximate surface area is 153 Å². The van der Waals surface area contributed by atoms with Gasteiger partial charge in [-0.15, -0.1) is 11.8 Å². The molecule has 0 saturated carbocycles. The number of halogens is 1. The van der Waals surface area contributed by atoms with Crippen LogP contribution in [-0.4, -0.2) is 54.7 Å². The van der Waals surface area contributed by atoms with Crippen molar-refractivity contribution in [3.8, 4) is 0 Å². The minimum absolute atomic E-state index is 0.0196. The van der Waals surface area contributed by atoms with E-state index in [9.17, 15) is 13.2 Å². The Hall–Kier alpha value is -0.760. The fourth-order valence-electron chi connectivity index (χ4n) is 2.62. The first-order valence-electron chi connectivity index (χ1n) is 7.92. The van der Waals surface area contributed by atoms with Crippen molar-refractivity contribution in [1.29, 1.82) is 0 Å². The van der Waals surface area contributed by atoms with Crippen molar-refractivity contribution in [2.45, 2.75) is 30.9 Å². The van der Waals surface area contributed by atoms with Gasteiger partial charge in [0.2, 0.25) is 15.9 Å². The largest absolute Gasteiger partial charge is 0.324 e. The lowest BCUT2D eigenvalue weighted by Gasteiger charge is -2.27. The maximum Gasteiger partial charge on any atom is 0.236 e. The Morgan fingerprint density at radius 1 is 1.33 bits per heavy atom. The summed E-state index contributed by atoms with van der Waals surface area (Å²) in [6, 6.07) is 7.47. The van der Waals surface area contributed by atoms with Crippen LogP contribution >= 0.6 is 23.4 Å². The summed E-state index contributed by atoms with van der Waals surface area (Å²) >= 11 is 7.83. The molecule has 0 radical (unpaired) electrons. The Balaban J connectivity index is 2.14. The maximum atomic E-state index is 12.5. The number of carbonyl (C=O) groups is 1. The smallest absolute Gasteiger partial charge is 0.236 e. The molecule has 2 atom stereocenters. The van der Waals surface area contributed by atoms with Gasteiger partial charge in [-0.1, -0.05) is 36.7 Å². The van der Waals surface area contributed by atoms with E-state index in [2.05, 4.69) is 0 Å². The van der Waals surface area contributed by atoms with E-state index in [1.807, 2.05) is 32.0 Å². The first-order valence-corrected chi connectivity index (χ1v) is 10.8. The van der Waals surface area contributed by atoms with Crippen molar-refractivity contribution in [2.75, 3.05) is 25.9 Å². The van der Waals surface area contributed by atoms with Gasteiger partial charge in [0, 0.05) is 30.7 Å². The third-order valence-electron chi connectivity index (χ3n) is 4.01. The molecule has 134 valence electrons. The lowest BCUT2D eigenvalue weighted by molar-refractivity contribution is -0.129. The third-order valence-corrected chi connectivity index (χ3v) is 7.79. The zero-order valence-electron chi connectivity index (χ0n) is 14.1. The quantitative estimate of drug-likeness (QED) is 0.718. The number of benzene rings is 1. The van der Waals surface area contributed by atoms with Gasteiger partial charge < -0.3 is 4.90 Å². The van der Waals surface area contributed by atoms with E-state index in [1.165, 1.54) is 4.31 Å². The normalized spacial score (nSPS) is 21.7. The number of thioether (sulfide) groups is 1. The molecule has 24 heavy (non-hydrogen) atoms. The summed E-state index contributed by atoms with van der Waals surface area (Å²) < 4.78 is 25.5. The highest BCUT2D eigenvalue weighted by Gasteiger charge is 2.39. The molecule has 1 heterocycles. The molecule has 0 aromatic heterocycles. The molecule has 1 saturated heterocycles. The van der Waals surface area contributed by atoms with Gasteiger partial charge in [-0.3, -0.25) is 4.79 Å². The van der Waals surface area contributed by atoms with E-state index in [1.54, 1.807) is 29.8 Å². The van der Waals surface area contributed by atoms with Crippen LogP contribution in [-0.2, 0) is 14.8 Å². The van der Waals surface area contributed by atoms with Gasteiger partial charge in [-0.2, -0.15) is 0 Å². The second-order valence-electron chi connectivity index (χ2n) is 5.82. The zero-order valence-corrected chi connectivity index (χ0v) is 16.5. The fourth-order valence-corrected chi connectivity index (χ4v) is 5.46. The van der Waals surface area contributed by atoms with Crippen LogP contribution in [0.2, 0.25) is 5.02 Å². The van der Waals surface area contributed by atoms with E-state index >= 15 is 0 Å². The molecule has 0 bridgehead atoms. The molecule has 5 nitrogen and oxygen atoms in total. The van der Waals surface area contributed by atoms with Crippen LogP contribution in [0.15, 0.2) is 24.3 Å². The SMILES string of the molecule is CCCS(=O)(=O)N(C)CCN1C(=O)[C@@H](C)S[C@@H]1c1ccccc1Cl. The van der Waals surface area contributed by atoms with E-state index in [0.717, 1.165) is 5.56 Å². The molecule has 2 rings (SSSR count). The summed E-state index contributed by atoms with van der Waals surface area (Å²) in [7, 11) is -1.70. The summed E-state index contributed by atoms with van der Waals surface area (Å²) in [6.45, 7) is 4.34. The molecule has 1 fully saturated rings. The predicted octanol–water partition coefficient (Wildman–Crippen LogP) is 2.97. The molecule has 1 amide bonds.